The second-order valence-corrected chi connectivity index (χ2v) is 4.15. The zero-order valence-corrected chi connectivity index (χ0v) is 9.76. The van der Waals surface area contributed by atoms with E-state index in [1.807, 2.05) is 18.2 Å². The fraction of sp³-hybridized carbons (Fsp3) is 0.0833. The lowest BCUT2D eigenvalue weighted by Gasteiger charge is -1.97. The summed E-state index contributed by atoms with van der Waals surface area (Å²) in [5, 5.41) is 1.04. The summed E-state index contributed by atoms with van der Waals surface area (Å²) in [6.07, 6.45) is 5.15. The van der Waals surface area contributed by atoms with Gasteiger partial charge < -0.3 is 4.74 Å². The molecule has 0 saturated heterocycles. The first-order valence-electron chi connectivity index (χ1n) is 4.65. The van der Waals surface area contributed by atoms with Crippen LogP contribution in [0.1, 0.15) is 5.56 Å². The van der Waals surface area contributed by atoms with Crippen LogP contribution in [0, 0.1) is 0 Å². The molecule has 82 valence electrons. The van der Waals surface area contributed by atoms with Gasteiger partial charge in [0, 0.05) is 6.08 Å². The number of esters is 1. The van der Waals surface area contributed by atoms with Crippen molar-refractivity contribution in [3.8, 4) is 0 Å². The number of benzene rings is 1. The standard InChI is InChI=1S/C12H8Cl2O2/c13-10-4-3-8(5-11(10)14)1-2-9-6-12(15)16-7-9/h1-6H,7H2. The van der Waals surface area contributed by atoms with Gasteiger partial charge in [0.25, 0.3) is 0 Å². The Labute approximate surface area is 103 Å². The lowest BCUT2D eigenvalue weighted by Crippen LogP contribution is -1.90. The molecule has 2 nitrogen and oxygen atoms in total. The van der Waals surface area contributed by atoms with Gasteiger partial charge in [-0.3, -0.25) is 0 Å². The van der Waals surface area contributed by atoms with E-state index < -0.39 is 0 Å². The third-order valence-corrected chi connectivity index (χ3v) is 2.86. The molecule has 1 aliphatic rings. The number of hydrogen-bond acceptors (Lipinski definition) is 2. The van der Waals surface area contributed by atoms with Crippen molar-refractivity contribution < 1.29 is 9.53 Å². The van der Waals surface area contributed by atoms with E-state index in [0.29, 0.717) is 16.7 Å². The minimum absolute atomic E-state index is 0.297. The Kier molecular flexibility index (Phi) is 3.32. The maximum Gasteiger partial charge on any atom is 0.331 e. The Hall–Kier alpha value is -1.25. The highest BCUT2D eigenvalue weighted by Gasteiger charge is 2.09. The van der Waals surface area contributed by atoms with E-state index in [1.54, 1.807) is 12.1 Å². The minimum Gasteiger partial charge on any atom is -0.458 e. The van der Waals surface area contributed by atoms with Crippen LogP contribution >= 0.6 is 23.2 Å². The summed E-state index contributed by atoms with van der Waals surface area (Å²) in [5.41, 5.74) is 1.77. The van der Waals surface area contributed by atoms with Crippen LogP contribution < -0.4 is 0 Å². The molecular weight excluding hydrogens is 247 g/mol. The van der Waals surface area contributed by atoms with Crippen LogP contribution in [-0.4, -0.2) is 12.6 Å². The van der Waals surface area contributed by atoms with Crippen LogP contribution in [0.3, 0.4) is 0 Å². The molecule has 0 radical (unpaired) electrons. The molecule has 0 N–H and O–H groups in total. The number of rotatable bonds is 2. The zero-order valence-electron chi connectivity index (χ0n) is 8.24. The zero-order chi connectivity index (χ0) is 11.5. The van der Waals surface area contributed by atoms with Crippen molar-refractivity contribution in [2.75, 3.05) is 6.61 Å². The molecule has 1 aliphatic heterocycles. The number of hydrogen-bond donors (Lipinski definition) is 0. The number of ether oxygens (including phenoxy) is 1. The highest BCUT2D eigenvalue weighted by Crippen LogP contribution is 2.23. The first-order valence-corrected chi connectivity index (χ1v) is 5.41. The maximum absolute atomic E-state index is 10.8. The highest BCUT2D eigenvalue weighted by atomic mass is 35.5. The van der Waals surface area contributed by atoms with Crippen LogP contribution in [0.4, 0.5) is 0 Å². The fourth-order valence-electron chi connectivity index (χ4n) is 1.30. The molecule has 1 heterocycles. The maximum atomic E-state index is 10.8. The SMILES string of the molecule is O=C1C=C(C=Cc2ccc(Cl)c(Cl)c2)CO1. The van der Waals surface area contributed by atoms with Gasteiger partial charge in [0.1, 0.15) is 6.61 Å². The van der Waals surface area contributed by atoms with Gasteiger partial charge in [-0.1, -0.05) is 41.4 Å². The molecule has 0 bridgehead atoms. The molecule has 1 aromatic carbocycles. The van der Waals surface area contributed by atoms with Crippen molar-refractivity contribution in [2.45, 2.75) is 0 Å². The van der Waals surface area contributed by atoms with E-state index in [2.05, 4.69) is 0 Å². The van der Waals surface area contributed by atoms with E-state index in [-0.39, 0.29) is 5.97 Å². The minimum atomic E-state index is -0.297. The average molecular weight is 255 g/mol. The molecule has 0 spiro atoms. The Morgan fingerprint density at radius 3 is 2.62 bits per heavy atom. The molecule has 2 rings (SSSR count). The van der Waals surface area contributed by atoms with E-state index in [1.165, 1.54) is 6.08 Å². The quantitative estimate of drug-likeness (QED) is 0.756. The topological polar surface area (TPSA) is 26.3 Å². The smallest absolute Gasteiger partial charge is 0.331 e. The van der Waals surface area contributed by atoms with Gasteiger partial charge in [-0.25, -0.2) is 4.79 Å². The van der Waals surface area contributed by atoms with Crippen LogP contribution in [0.2, 0.25) is 10.0 Å². The van der Waals surface area contributed by atoms with Gasteiger partial charge >= 0.3 is 5.97 Å². The summed E-state index contributed by atoms with van der Waals surface area (Å²) < 4.78 is 4.77. The second-order valence-electron chi connectivity index (χ2n) is 3.33. The van der Waals surface area contributed by atoms with E-state index in [9.17, 15) is 4.79 Å². The molecule has 0 unspecified atom stereocenters. The Bertz CT molecular complexity index is 490. The Morgan fingerprint density at radius 2 is 2.00 bits per heavy atom. The molecule has 0 amide bonds. The summed E-state index contributed by atoms with van der Waals surface area (Å²) >= 11 is 11.7. The lowest BCUT2D eigenvalue weighted by molar-refractivity contribution is -0.134. The van der Waals surface area contributed by atoms with E-state index in [4.69, 9.17) is 27.9 Å². The predicted molar refractivity (Wildman–Crippen MR) is 64.5 cm³/mol. The van der Waals surface area contributed by atoms with Gasteiger partial charge in [-0.2, -0.15) is 0 Å². The summed E-state index contributed by atoms with van der Waals surface area (Å²) in [7, 11) is 0. The van der Waals surface area contributed by atoms with Gasteiger partial charge in [-0.15, -0.1) is 0 Å². The number of carbonyl (C=O) groups is 1. The molecular formula is C12H8Cl2O2. The monoisotopic (exact) mass is 254 g/mol. The number of carbonyl (C=O) groups excluding carboxylic acids is 1. The molecule has 4 heteroatoms. The Balaban J connectivity index is 2.15. The van der Waals surface area contributed by atoms with Crippen LogP contribution in [-0.2, 0) is 9.53 Å². The van der Waals surface area contributed by atoms with Gasteiger partial charge in [0.15, 0.2) is 0 Å². The third-order valence-electron chi connectivity index (χ3n) is 2.12. The largest absolute Gasteiger partial charge is 0.458 e. The Morgan fingerprint density at radius 1 is 1.19 bits per heavy atom. The van der Waals surface area contributed by atoms with Gasteiger partial charge in [0.05, 0.1) is 10.0 Å². The van der Waals surface area contributed by atoms with Gasteiger partial charge in [-0.05, 0) is 23.3 Å². The summed E-state index contributed by atoms with van der Waals surface area (Å²) in [6, 6.07) is 5.34. The van der Waals surface area contributed by atoms with Gasteiger partial charge in [0.2, 0.25) is 0 Å². The van der Waals surface area contributed by atoms with Crippen molar-refractivity contribution in [3.63, 3.8) is 0 Å². The fourth-order valence-corrected chi connectivity index (χ4v) is 1.61. The van der Waals surface area contributed by atoms with Crippen molar-refractivity contribution in [1.82, 2.24) is 0 Å². The summed E-state index contributed by atoms with van der Waals surface area (Å²) in [5.74, 6) is -0.297. The average Bonchev–Trinajstić information content (AvgIpc) is 2.66. The van der Waals surface area contributed by atoms with Crippen LogP contribution in [0.15, 0.2) is 35.9 Å². The summed E-state index contributed by atoms with van der Waals surface area (Å²) in [6.45, 7) is 0.330. The van der Waals surface area contributed by atoms with Crippen molar-refractivity contribution in [2.24, 2.45) is 0 Å². The first-order chi connectivity index (χ1) is 7.65. The molecule has 1 aromatic rings. The van der Waals surface area contributed by atoms with Crippen molar-refractivity contribution in [1.29, 1.82) is 0 Å². The molecule has 0 atom stereocenters. The predicted octanol–water partition coefficient (Wildman–Crippen LogP) is 3.49. The molecule has 0 fully saturated rings. The highest BCUT2D eigenvalue weighted by molar-refractivity contribution is 6.42. The second kappa shape index (κ2) is 4.73. The van der Waals surface area contributed by atoms with E-state index in [0.717, 1.165) is 11.1 Å². The summed E-state index contributed by atoms with van der Waals surface area (Å²) in [4.78, 5) is 10.8. The van der Waals surface area contributed by atoms with Crippen LogP contribution in [0.25, 0.3) is 6.08 Å². The number of cyclic esters (lactones) is 1. The third kappa shape index (κ3) is 2.65. The lowest BCUT2D eigenvalue weighted by atomic mass is 10.1. The molecule has 0 aromatic heterocycles. The first kappa shape index (κ1) is 11.2. The molecule has 0 aliphatic carbocycles. The molecule has 0 saturated carbocycles. The van der Waals surface area contributed by atoms with E-state index >= 15 is 0 Å². The molecule has 16 heavy (non-hydrogen) atoms. The number of halogens is 2. The van der Waals surface area contributed by atoms with Crippen LogP contribution in [0.5, 0.6) is 0 Å². The van der Waals surface area contributed by atoms with Crippen molar-refractivity contribution in [3.05, 3.63) is 51.5 Å². The normalized spacial score (nSPS) is 15.4. The van der Waals surface area contributed by atoms with Crippen molar-refractivity contribution >= 4 is 35.2 Å².